The molecule has 29 heavy (non-hydrogen) atoms. The lowest BCUT2D eigenvalue weighted by molar-refractivity contribution is 0.592. The van der Waals surface area contributed by atoms with Crippen LogP contribution in [-0.4, -0.2) is 13.4 Å². The van der Waals surface area contributed by atoms with Crippen LogP contribution < -0.4 is 0 Å². The van der Waals surface area contributed by atoms with E-state index in [4.69, 9.17) is 5.26 Å². The number of aromatic nitrogens is 1. The number of sulfone groups is 1. The number of halogens is 2. The molecule has 142 valence electrons. The largest absolute Gasteiger partial charge is 0.233 e. The summed E-state index contributed by atoms with van der Waals surface area (Å²) in [5, 5.41) is 9.10. The summed E-state index contributed by atoms with van der Waals surface area (Å²) < 4.78 is 54.1. The van der Waals surface area contributed by atoms with Crippen LogP contribution in [0.15, 0.2) is 82.7 Å². The number of nitriles is 1. The van der Waals surface area contributed by atoms with E-state index >= 15 is 0 Å². The quantitative estimate of drug-likeness (QED) is 0.486. The first-order valence-electron chi connectivity index (χ1n) is 8.50. The van der Waals surface area contributed by atoms with Crippen molar-refractivity contribution in [2.24, 2.45) is 0 Å². The zero-order valence-electron chi connectivity index (χ0n) is 14.8. The first-order chi connectivity index (χ1) is 13.9. The molecule has 0 amide bonds. The van der Waals surface area contributed by atoms with Gasteiger partial charge >= 0.3 is 0 Å². The third-order valence-corrected chi connectivity index (χ3v) is 6.11. The van der Waals surface area contributed by atoms with Gasteiger partial charge in [-0.05, 0) is 53.6 Å². The molecule has 0 saturated carbocycles. The number of pyridine rings is 1. The summed E-state index contributed by atoms with van der Waals surface area (Å²) in [6.07, 6.45) is 0. The lowest BCUT2D eigenvalue weighted by Gasteiger charge is -2.11. The topological polar surface area (TPSA) is 70.8 Å². The highest BCUT2D eigenvalue weighted by atomic mass is 32.2. The summed E-state index contributed by atoms with van der Waals surface area (Å²) in [6, 6.07) is 18.5. The highest BCUT2D eigenvalue weighted by Crippen LogP contribution is 2.33. The van der Waals surface area contributed by atoms with Gasteiger partial charge in [0.05, 0.1) is 16.5 Å². The second-order valence-electron chi connectivity index (χ2n) is 6.29. The molecular formula is C22H12F2N2O2S. The fourth-order valence-corrected chi connectivity index (χ4v) is 4.32. The molecule has 0 bridgehead atoms. The Labute approximate surface area is 165 Å². The van der Waals surface area contributed by atoms with Crippen molar-refractivity contribution in [3.8, 4) is 17.2 Å². The van der Waals surface area contributed by atoms with E-state index in [9.17, 15) is 17.2 Å². The minimum atomic E-state index is -4.12. The molecule has 1 aromatic heterocycles. The monoisotopic (exact) mass is 406 g/mol. The van der Waals surface area contributed by atoms with Gasteiger partial charge in [0.2, 0.25) is 9.84 Å². The third kappa shape index (κ3) is 3.35. The lowest BCUT2D eigenvalue weighted by atomic mass is 10.0. The maximum atomic E-state index is 14.5. The molecule has 7 heteroatoms. The second kappa shape index (κ2) is 7.08. The van der Waals surface area contributed by atoms with E-state index in [1.165, 1.54) is 66.7 Å². The van der Waals surface area contributed by atoms with Crippen LogP contribution in [0.4, 0.5) is 8.78 Å². The molecule has 0 fully saturated rings. The molecule has 0 atom stereocenters. The molecule has 4 nitrogen and oxygen atoms in total. The van der Waals surface area contributed by atoms with Crippen molar-refractivity contribution in [3.05, 3.63) is 90.0 Å². The minimum Gasteiger partial charge on any atom is -0.233 e. The van der Waals surface area contributed by atoms with Crippen LogP contribution in [0.2, 0.25) is 0 Å². The van der Waals surface area contributed by atoms with Crippen molar-refractivity contribution in [2.75, 3.05) is 0 Å². The van der Waals surface area contributed by atoms with Crippen molar-refractivity contribution in [3.63, 3.8) is 0 Å². The third-order valence-electron chi connectivity index (χ3n) is 4.47. The van der Waals surface area contributed by atoms with Gasteiger partial charge in [-0.25, -0.2) is 22.2 Å². The lowest BCUT2D eigenvalue weighted by Crippen LogP contribution is -2.06. The molecule has 4 aromatic rings. The van der Waals surface area contributed by atoms with Crippen LogP contribution in [-0.2, 0) is 9.84 Å². The average molecular weight is 406 g/mol. The summed E-state index contributed by atoms with van der Waals surface area (Å²) >= 11 is 0. The van der Waals surface area contributed by atoms with Gasteiger partial charge in [0.1, 0.15) is 17.2 Å². The average Bonchev–Trinajstić information content (AvgIpc) is 2.74. The minimum absolute atomic E-state index is 0.107. The molecule has 0 aliphatic carbocycles. The van der Waals surface area contributed by atoms with Gasteiger partial charge in [-0.15, -0.1) is 0 Å². The van der Waals surface area contributed by atoms with Crippen molar-refractivity contribution >= 4 is 20.7 Å². The van der Waals surface area contributed by atoms with Crippen molar-refractivity contribution in [2.45, 2.75) is 9.92 Å². The summed E-state index contributed by atoms with van der Waals surface area (Å²) in [7, 11) is -4.12. The summed E-state index contributed by atoms with van der Waals surface area (Å²) in [4.78, 5) is 3.94. The highest BCUT2D eigenvalue weighted by Gasteiger charge is 2.23. The molecule has 0 N–H and O–H groups in total. The normalized spacial score (nSPS) is 11.3. The fraction of sp³-hybridized carbons (Fsp3) is 0. The summed E-state index contributed by atoms with van der Waals surface area (Å²) in [5.74, 6) is -1.12. The summed E-state index contributed by atoms with van der Waals surface area (Å²) in [5.41, 5.74) is 0.997. The Hall–Kier alpha value is -3.63. The van der Waals surface area contributed by atoms with E-state index in [0.29, 0.717) is 16.5 Å². The predicted molar refractivity (Wildman–Crippen MR) is 104 cm³/mol. The first kappa shape index (κ1) is 18.7. The number of rotatable bonds is 3. The van der Waals surface area contributed by atoms with Crippen molar-refractivity contribution in [1.82, 2.24) is 4.98 Å². The van der Waals surface area contributed by atoms with Gasteiger partial charge in [0.25, 0.3) is 0 Å². The number of hydrogen-bond donors (Lipinski definition) is 0. The van der Waals surface area contributed by atoms with Crippen LogP contribution >= 0.6 is 0 Å². The molecule has 0 aliphatic rings. The Morgan fingerprint density at radius 1 is 0.897 bits per heavy atom. The maximum absolute atomic E-state index is 14.5. The highest BCUT2D eigenvalue weighted by molar-refractivity contribution is 7.91. The van der Waals surface area contributed by atoms with Gasteiger partial charge in [0.15, 0.2) is 5.03 Å². The van der Waals surface area contributed by atoms with E-state index < -0.39 is 21.5 Å². The Kier molecular flexibility index (Phi) is 4.57. The Morgan fingerprint density at radius 3 is 2.34 bits per heavy atom. The molecule has 1 heterocycles. The van der Waals surface area contributed by atoms with Gasteiger partial charge in [-0.2, -0.15) is 5.26 Å². The first-order valence-corrected chi connectivity index (χ1v) is 9.99. The van der Waals surface area contributed by atoms with Crippen LogP contribution in [0.1, 0.15) is 5.56 Å². The van der Waals surface area contributed by atoms with Gasteiger partial charge in [0, 0.05) is 5.39 Å². The smallest absolute Gasteiger partial charge is 0.223 e. The van der Waals surface area contributed by atoms with Crippen molar-refractivity contribution < 1.29 is 17.2 Å². The van der Waals surface area contributed by atoms with Gasteiger partial charge < -0.3 is 0 Å². The van der Waals surface area contributed by atoms with E-state index in [-0.39, 0.29) is 21.0 Å². The fourth-order valence-electron chi connectivity index (χ4n) is 3.05. The summed E-state index contributed by atoms with van der Waals surface area (Å²) in [6.45, 7) is 0. The van der Waals surface area contributed by atoms with E-state index in [2.05, 4.69) is 4.98 Å². The maximum Gasteiger partial charge on any atom is 0.223 e. The van der Waals surface area contributed by atoms with Crippen LogP contribution in [0.5, 0.6) is 0 Å². The number of fused-ring (bicyclic) bond motifs is 1. The van der Waals surface area contributed by atoms with Gasteiger partial charge in [-0.1, -0.05) is 30.3 Å². The van der Waals surface area contributed by atoms with Crippen molar-refractivity contribution in [1.29, 1.82) is 5.26 Å². The number of para-hydroxylation sites is 1. The molecule has 0 unspecified atom stereocenters. The standard InChI is InChI=1S/C22H12F2N2O2S/c23-16-9-7-15(8-10-16)19-12-21(26-22-18(19)5-2-6-20(22)24)29(27,28)17-4-1-3-14(11-17)13-25/h1-12H. The number of benzene rings is 3. The van der Waals surface area contributed by atoms with E-state index in [1.54, 1.807) is 6.07 Å². The van der Waals surface area contributed by atoms with Crippen LogP contribution in [0.25, 0.3) is 22.0 Å². The van der Waals surface area contributed by atoms with E-state index in [1.807, 2.05) is 6.07 Å². The molecule has 0 aliphatic heterocycles. The Bertz CT molecular complexity index is 1390. The Morgan fingerprint density at radius 2 is 1.62 bits per heavy atom. The molecule has 3 aromatic carbocycles. The molecule has 0 radical (unpaired) electrons. The zero-order valence-corrected chi connectivity index (χ0v) is 15.6. The predicted octanol–water partition coefficient (Wildman–Crippen LogP) is 4.88. The zero-order chi connectivity index (χ0) is 20.6. The van der Waals surface area contributed by atoms with Gasteiger partial charge in [-0.3, -0.25) is 0 Å². The second-order valence-corrected chi connectivity index (χ2v) is 8.19. The number of nitrogens with zero attached hydrogens (tertiary/aromatic N) is 2. The molecule has 0 saturated heterocycles. The molecule has 4 rings (SSSR count). The number of hydrogen-bond acceptors (Lipinski definition) is 4. The molecule has 0 spiro atoms. The SMILES string of the molecule is N#Cc1cccc(S(=O)(=O)c2cc(-c3ccc(F)cc3)c3cccc(F)c3n2)c1. The van der Waals surface area contributed by atoms with Crippen LogP contribution in [0.3, 0.4) is 0 Å². The van der Waals surface area contributed by atoms with E-state index in [0.717, 1.165) is 0 Å². The van der Waals surface area contributed by atoms with Crippen LogP contribution in [0, 0.1) is 23.0 Å². The molecular weight excluding hydrogens is 394 g/mol. The Balaban J connectivity index is 2.02.